The van der Waals surface area contributed by atoms with Crippen LogP contribution < -0.4 is 10.6 Å². The first kappa shape index (κ1) is 16.8. The SMILES string of the molecule is S=C(NCc1cccnc1)N/C(=N\c1ccccc1)c1ccccc1. The quantitative estimate of drug-likeness (QED) is 0.428. The Kier molecular flexibility index (Phi) is 5.85. The molecule has 0 saturated carbocycles. The zero-order valence-electron chi connectivity index (χ0n) is 13.6. The normalized spacial score (nSPS) is 11.0. The van der Waals surface area contributed by atoms with Gasteiger partial charge in [0, 0.05) is 24.5 Å². The fourth-order valence-electron chi connectivity index (χ4n) is 2.23. The zero-order valence-corrected chi connectivity index (χ0v) is 14.4. The molecule has 0 amide bonds. The van der Waals surface area contributed by atoms with E-state index in [-0.39, 0.29) is 0 Å². The van der Waals surface area contributed by atoms with Gasteiger partial charge in [0.1, 0.15) is 5.84 Å². The smallest absolute Gasteiger partial charge is 0.172 e. The van der Waals surface area contributed by atoms with E-state index in [2.05, 4.69) is 20.6 Å². The van der Waals surface area contributed by atoms with Gasteiger partial charge in [0.25, 0.3) is 0 Å². The summed E-state index contributed by atoms with van der Waals surface area (Å²) in [6, 6.07) is 23.6. The Morgan fingerprint density at radius 1 is 0.920 bits per heavy atom. The highest BCUT2D eigenvalue weighted by Crippen LogP contribution is 2.12. The highest BCUT2D eigenvalue weighted by molar-refractivity contribution is 7.80. The molecular formula is C20H18N4S. The lowest BCUT2D eigenvalue weighted by Crippen LogP contribution is -2.39. The summed E-state index contributed by atoms with van der Waals surface area (Å²) in [4.78, 5) is 8.79. The largest absolute Gasteiger partial charge is 0.358 e. The molecule has 2 N–H and O–H groups in total. The van der Waals surface area contributed by atoms with Crippen molar-refractivity contribution in [2.75, 3.05) is 0 Å². The molecule has 0 spiro atoms. The summed E-state index contributed by atoms with van der Waals surface area (Å²) in [7, 11) is 0. The number of thiocarbonyl (C=S) groups is 1. The molecule has 2 aromatic carbocycles. The predicted octanol–water partition coefficient (Wildman–Crippen LogP) is 3.82. The third-order valence-corrected chi connectivity index (χ3v) is 3.70. The Balaban J connectivity index is 1.74. The highest BCUT2D eigenvalue weighted by atomic mass is 32.1. The maximum absolute atomic E-state index is 5.42. The Morgan fingerprint density at radius 2 is 1.64 bits per heavy atom. The number of aliphatic imine (C=N–C) groups is 1. The fourth-order valence-corrected chi connectivity index (χ4v) is 2.40. The Bertz CT molecular complexity index is 833. The third-order valence-electron chi connectivity index (χ3n) is 3.45. The van der Waals surface area contributed by atoms with E-state index in [0.29, 0.717) is 17.5 Å². The van der Waals surface area contributed by atoms with Gasteiger partial charge in [-0.25, -0.2) is 4.99 Å². The van der Waals surface area contributed by atoms with E-state index in [1.165, 1.54) is 0 Å². The molecule has 3 rings (SSSR count). The second kappa shape index (κ2) is 8.70. The van der Waals surface area contributed by atoms with Crippen LogP contribution in [0.1, 0.15) is 11.1 Å². The minimum atomic E-state index is 0.516. The van der Waals surface area contributed by atoms with Crippen molar-refractivity contribution >= 4 is 28.9 Å². The molecule has 1 heterocycles. The van der Waals surface area contributed by atoms with Crippen molar-refractivity contribution in [3.63, 3.8) is 0 Å². The molecule has 0 atom stereocenters. The van der Waals surface area contributed by atoms with Gasteiger partial charge < -0.3 is 10.6 Å². The van der Waals surface area contributed by atoms with Gasteiger partial charge in [-0.15, -0.1) is 0 Å². The van der Waals surface area contributed by atoms with E-state index in [4.69, 9.17) is 12.2 Å². The Morgan fingerprint density at radius 3 is 2.32 bits per heavy atom. The van der Waals surface area contributed by atoms with E-state index in [0.717, 1.165) is 16.8 Å². The van der Waals surface area contributed by atoms with E-state index in [1.54, 1.807) is 6.20 Å². The summed E-state index contributed by atoms with van der Waals surface area (Å²) in [5.74, 6) is 0.704. The monoisotopic (exact) mass is 346 g/mol. The van der Waals surface area contributed by atoms with Crippen molar-refractivity contribution in [2.24, 2.45) is 4.99 Å². The van der Waals surface area contributed by atoms with Crippen LogP contribution in [0.15, 0.2) is 90.2 Å². The first-order valence-corrected chi connectivity index (χ1v) is 8.35. The standard InChI is InChI=1S/C20H18N4S/c25-20(22-15-16-8-7-13-21-14-16)24-19(17-9-3-1-4-10-17)23-18-11-5-2-6-12-18/h1-14H,15H2,(H2,22,23,24,25). The van der Waals surface area contributed by atoms with Crippen LogP contribution in [0.4, 0.5) is 5.69 Å². The van der Waals surface area contributed by atoms with Gasteiger partial charge in [-0.05, 0) is 36.0 Å². The topological polar surface area (TPSA) is 49.3 Å². The van der Waals surface area contributed by atoms with Crippen molar-refractivity contribution in [3.8, 4) is 0 Å². The number of pyridine rings is 1. The van der Waals surface area contributed by atoms with Crippen LogP contribution >= 0.6 is 12.2 Å². The summed E-state index contributed by atoms with van der Waals surface area (Å²) < 4.78 is 0. The van der Waals surface area contributed by atoms with Gasteiger partial charge in [-0.2, -0.15) is 0 Å². The van der Waals surface area contributed by atoms with Crippen LogP contribution in [0.25, 0.3) is 0 Å². The van der Waals surface area contributed by atoms with Gasteiger partial charge >= 0.3 is 0 Å². The lowest BCUT2D eigenvalue weighted by atomic mass is 10.2. The van der Waals surface area contributed by atoms with Crippen LogP contribution in [0.3, 0.4) is 0 Å². The number of benzene rings is 2. The summed E-state index contributed by atoms with van der Waals surface area (Å²) in [5, 5.41) is 6.90. The second-order valence-corrected chi connectivity index (χ2v) is 5.74. The van der Waals surface area contributed by atoms with Crippen molar-refractivity contribution in [2.45, 2.75) is 6.54 Å². The summed E-state index contributed by atoms with van der Waals surface area (Å²) in [6.07, 6.45) is 3.56. The highest BCUT2D eigenvalue weighted by Gasteiger charge is 2.06. The molecule has 0 fully saturated rings. The first-order valence-electron chi connectivity index (χ1n) is 7.94. The van der Waals surface area contributed by atoms with Crippen LogP contribution in [0.2, 0.25) is 0 Å². The first-order chi connectivity index (χ1) is 12.3. The average molecular weight is 346 g/mol. The van der Waals surface area contributed by atoms with Crippen LogP contribution in [-0.2, 0) is 6.54 Å². The summed E-state index contributed by atoms with van der Waals surface area (Å²) in [5.41, 5.74) is 2.90. The number of para-hydroxylation sites is 1. The molecule has 0 aliphatic heterocycles. The maximum atomic E-state index is 5.42. The fraction of sp³-hybridized carbons (Fsp3) is 0.0500. The van der Waals surface area contributed by atoms with Crippen molar-refractivity contribution in [3.05, 3.63) is 96.3 Å². The molecule has 1 aromatic heterocycles. The van der Waals surface area contributed by atoms with Crippen molar-refractivity contribution in [1.82, 2.24) is 15.6 Å². The van der Waals surface area contributed by atoms with E-state index >= 15 is 0 Å². The number of amidine groups is 1. The number of rotatable bonds is 4. The summed E-state index contributed by atoms with van der Waals surface area (Å²) >= 11 is 5.42. The number of nitrogens with one attached hydrogen (secondary N) is 2. The van der Waals surface area contributed by atoms with Crippen molar-refractivity contribution in [1.29, 1.82) is 0 Å². The summed E-state index contributed by atoms with van der Waals surface area (Å²) in [6.45, 7) is 0.604. The van der Waals surface area contributed by atoms with Gasteiger partial charge in [0.15, 0.2) is 5.11 Å². The van der Waals surface area contributed by atoms with E-state index < -0.39 is 0 Å². The molecule has 0 radical (unpaired) electrons. The van der Waals surface area contributed by atoms with Crippen LogP contribution in [0, 0.1) is 0 Å². The third kappa shape index (κ3) is 5.22. The predicted molar refractivity (Wildman–Crippen MR) is 106 cm³/mol. The molecule has 0 aliphatic rings. The molecule has 5 heteroatoms. The van der Waals surface area contributed by atoms with Crippen LogP contribution in [-0.4, -0.2) is 15.9 Å². The Labute approximate surface area is 152 Å². The molecule has 124 valence electrons. The molecule has 0 saturated heterocycles. The molecule has 4 nitrogen and oxygen atoms in total. The number of hydrogen-bond acceptors (Lipinski definition) is 3. The number of hydrogen-bond donors (Lipinski definition) is 2. The Hall–Kier alpha value is -3.05. The number of nitrogens with zero attached hydrogens (tertiary/aromatic N) is 2. The van der Waals surface area contributed by atoms with E-state index in [1.807, 2.05) is 79.0 Å². The number of aromatic nitrogens is 1. The van der Waals surface area contributed by atoms with Gasteiger partial charge in [0.2, 0.25) is 0 Å². The average Bonchev–Trinajstić information content (AvgIpc) is 2.68. The molecule has 0 aliphatic carbocycles. The second-order valence-electron chi connectivity index (χ2n) is 5.33. The van der Waals surface area contributed by atoms with Crippen molar-refractivity contribution < 1.29 is 0 Å². The van der Waals surface area contributed by atoms with Crippen LogP contribution in [0.5, 0.6) is 0 Å². The molecule has 25 heavy (non-hydrogen) atoms. The minimum absolute atomic E-state index is 0.516. The van der Waals surface area contributed by atoms with Gasteiger partial charge in [-0.3, -0.25) is 4.98 Å². The molecule has 0 unspecified atom stereocenters. The van der Waals surface area contributed by atoms with Gasteiger partial charge in [0.05, 0.1) is 5.69 Å². The lowest BCUT2D eigenvalue weighted by molar-refractivity contribution is 0.899. The molecule has 0 bridgehead atoms. The molecule has 3 aromatic rings. The van der Waals surface area contributed by atoms with Gasteiger partial charge in [-0.1, -0.05) is 54.6 Å². The maximum Gasteiger partial charge on any atom is 0.172 e. The van der Waals surface area contributed by atoms with E-state index in [9.17, 15) is 0 Å². The zero-order chi connectivity index (χ0) is 17.3. The lowest BCUT2D eigenvalue weighted by Gasteiger charge is -2.13. The minimum Gasteiger partial charge on any atom is -0.358 e. The molecular weight excluding hydrogens is 328 g/mol.